The van der Waals surface area contributed by atoms with Crippen LogP contribution in [0.3, 0.4) is 0 Å². The smallest absolute Gasteiger partial charge is 0.154 e. The summed E-state index contributed by atoms with van der Waals surface area (Å²) in [4.78, 5) is 0. The van der Waals surface area contributed by atoms with Crippen LogP contribution in [0.1, 0.15) is 43.9 Å². The summed E-state index contributed by atoms with van der Waals surface area (Å²) in [6.45, 7) is 7.26. The molecule has 1 aliphatic heterocycles. The zero-order chi connectivity index (χ0) is 15.5. The monoisotopic (exact) mass is 311 g/mol. The number of ether oxygens (including phenoxy) is 1. The van der Waals surface area contributed by atoms with Gasteiger partial charge in [-0.2, -0.15) is 0 Å². The van der Waals surface area contributed by atoms with Crippen molar-refractivity contribution in [2.45, 2.75) is 45.8 Å². The van der Waals surface area contributed by atoms with Crippen LogP contribution in [-0.4, -0.2) is 32.6 Å². The molecule has 2 rings (SSSR count). The first-order valence-electron chi connectivity index (χ1n) is 7.62. The fourth-order valence-corrected chi connectivity index (χ4v) is 4.21. The molecule has 1 aliphatic rings. The van der Waals surface area contributed by atoms with E-state index in [0.717, 1.165) is 24.3 Å². The molecule has 1 saturated heterocycles. The van der Waals surface area contributed by atoms with Crippen molar-refractivity contribution in [3.63, 3.8) is 0 Å². The zero-order valence-corrected chi connectivity index (χ0v) is 13.9. The van der Waals surface area contributed by atoms with Gasteiger partial charge < -0.3 is 10.1 Å². The number of hydrogen-bond acceptors (Lipinski definition) is 4. The fraction of sp³-hybridized carbons (Fsp3) is 0.625. The van der Waals surface area contributed by atoms with Crippen LogP contribution in [0.2, 0.25) is 0 Å². The highest BCUT2D eigenvalue weighted by Gasteiger charge is 2.30. The molecule has 0 aliphatic carbocycles. The van der Waals surface area contributed by atoms with Gasteiger partial charge in [0.15, 0.2) is 9.84 Å². The number of sulfone groups is 1. The van der Waals surface area contributed by atoms with Crippen LogP contribution in [0, 0.1) is 6.92 Å². The van der Waals surface area contributed by atoms with E-state index in [1.807, 2.05) is 12.1 Å². The van der Waals surface area contributed by atoms with Crippen molar-refractivity contribution in [2.24, 2.45) is 0 Å². The SMILES string of the molecule is CCCNC(C)c1cc(C)ccc1OC1CCS(=O)(=O)C1. The van der Waals surface area contributed by atoms with Crippen molar-refractivity contribution in [1.29, 1.82) is 0 Å². The molecule has 0 spiro atoms. The van der Waals surface area contributed by atoms with Crippen LogP contribution < -0.4 is 10.1 Å². The maximum absolute atomic E-state index is 11.6. The lowest BCUT2D eigenvalue weighted by atomic mass is 10.0. The van der Waals surface area contributed by atoms with E-state index in [9.17, 15) is 8.42 Å². The molecule has 1 N–H and O–H groups in total. The summed E-state index contributed by atoms with van der Waals surface area (Å²) in [6, 6.07) is 6.28. The van der Waals surface area contributed by atoms with Gasteiger partial charge in [0.05, 0.1) is 11.5 Å². The Bertz CT molecular complexity index is 583. The first-order valence-corrected chi connectivity index (χ1v) is 9.44. The molecule has 0 saturated carbocycles. The third kappa shape index (κ3) is 4.45. The Morgan fingerprint density at radius 1 is 1.43 bits per heavy atom. The summed E-state index contributed by atoms with van der Waals surface area (Å²) in [7, 11) is -2.91. The number of benzene rings is 1. The Kier molecular flexibility index (Phi) is 5.27. The Morgan fingerprint density at radius 2 is 2.19 bits per heavy atom. The number of hydrogen-bond donors (Lipinski definition) is 1. The molecule has 0 amide bonds. The number of rotatable bonds is 6. The predicted molar refractivity (Wildman–Crippen MR) is 85.6 cm³/mol. The normalized spacial score (nSPS) is 22.1. The summed E-state index contributed by atoms with van der Waals surface area (Å²) in [5, 5.41) is 3.46. The highest BCUT2D eigenvalue weighted by Crippen LogP contribution is 2.29. The van der Waals surface area contributed by atoms with Crippen LogP contribution in [0.25, 0.3) is 0 Å². The van der Waals surface area contributed by atoms with Crippen molar-refractivity contribution < 1.29 is 13.2 Å². The van der Waals surface area contributed by atoms with Crippen LogP contribution in [0.5, 0.6) is 5.75 Å². The second-order valence-corrected chi connectivity index (χ2v) is 8.09. The minimum absolute atomic E-state index is 0.136. The molecule has 0 radical (unpaired) electrons. The van der Waals surface area contributed by atoms with Gasteiger partial charge in [0.25, 0.3) is 0 Å². The molecule has 5 heteroatoms. The van der Waals surface area contributed by atoms with Gasteiger partial charge >= 0.3 is 0 Å². The third-order valence-corrected chi connectivity index (χ3v) is 5.55. The molecule has 0 aromatic heterocycles. The van der Waals surface area contributed by atoms with Crippen molar-refractivity contribution in [2.75, 3.05) is 18.1 Å². The maximum Gasteiger partial charge on any atom is 0.154 e. The van der Waals surface area contributed by atoms with E-state index in [4.69, 9.17) is 4.74 Å². The maximum atomic E-state index is 11.6. The van der Waals surface area contributed by atoms with Crippen LogP contribution in [0.4, 0.5) is 0 Å². The average Bonchev–Trinajstić information content (AvgIpc) is 2.77. The lowest BCUT2D eigenvalue weighted by Gasteiger charge is -2.21. The second-order valence-electron chi connectivity index (χ2n) is 5.86. The van der Waals surface area contributed by atoms with E-state index >= 15 is 0 Å². The number of nitrogens with one attached hydrogen (secondary N) is 1. The van der Waals surface area contributed by atoms with Gasteiger partial charge in [0.2, 0.25) is 0 Å². The van der Waals surface area contributed by atoms with Crippen LogP contribution >= 0.6 is 0 Å². The Balaban J connectivity index is 2.15. The largest absolute Gasteiger partial charge is 0.489 e. The molecule has 1 aromatic rings. The van der Waals surface area contributed by atoms with Gasteiger partial charge in [0, 0.05) is 11.6 Å². The molecule has 4 nitrogen and oxygen atoms in total. The summed E-state index contributed by atoms with van der Waals surface area (Å²) >= 11 is 0. The summed E-state index contributed by atoms with van der Waals surface area (Å²) < 4.78 is 29.1. The van der Waals surface area contributed by atoms with Gasteiger partial charge in [-0.15, -0.1) is 0 Å². The molecular formula is C16H25NO3S. The molecule has 2 unspecified atom stereocenters. The van der Waals surface area contributed by atoms with E-state index in [1.165, 1.54) is 5.56 Å². The van der Waals surface area contributed by atoms with Crippen molar-refractivity contribution >= 4 is 9.84 Å². The van der Waals surface area contributed by atoms with Gasteiger partial charge in [-0.25, -0.2) is 8.42 Å². The molecule has 2 atom stereocenters. The zero-order valence-electron chi connectivity index (χ0n) is 13.1. The quantitative estimate of drug-likeness (QED) is 0.877. The molecule has 1 aromatic carbocycles. The van der Waals surface area contributed by atoms with Crippen molar-refractivity contribution in [3.05, 3.63) is 29.3 Å². The Morgan fingerprint density at radius 3 is 2.81 bits per heavy atom. The highest BCUT2D eigenvalue weighted by atomic mass is 32.2. The highest BCUT2D eigenvalue weighted by molar-refractivity contribution is 7.91. The van der Waals surface area contributed by atoms with Gasteiger partial charge in [-0.1, -0.05) is 24.6 Å². The average molecular weight is 311 g/mol. The standard InChI is InChI=1S/C16H25NO3S/c1-4-8-17-13(3)15-10-12(2)5-6-16(15)20-14-7-9-21(18,19)11-14/h5-6,10,13-14,17H,4,7-9,11H2,1-3H3. The van der Waals surface area contributed by atoms with E-state index in [2.05, 4.69) is 32.2 Å². The summed E-state index contributed by atoms with van der Waals surface area (Å²) in [6.07, 6.45) is 1.45. The Hall–Kier alpha value is -1.07. The molecule has 1 heterocycles. The van der Waals surface area contributed by atoms with Gasteiger partial charge in [0.1, 0.15) is 11.9 Å². The topological polar surface area (TPSA) is 55.4 Å². The third-order valence-electron chi connectivity index (χ3n) is 3.82. The van der Waals surface area contributed by atoms with Gasteiger partial charge in [-0.3, -0.25) is 0 Å². The van der Waals surface area contributed by atoms with Crippen LogP contribution in [0.15, 0.2) is 18.2 Å². The van der Waals surface area contributed by atoms with E-state index in [1.54, 1.807) is 0 Å². The molecular weight excluding hydrogens is 286 g/mol. The second kappa shape index (κ2) is 6.79. The number of aryl methyl sites for hydroxylation is 1. The lowest BCUT2D eigenvalue weighted by molar-refractivity contribution is 0.225. The minimum atomic E-state index is -2.91. The lowest BCUT2D eigenvalue weighted by Crippen LogP contribution is -2.23. The van der Waals surface area contributed by atoms with Crippen molar-refractivity contribution in [1.82, 2.24) is 5.32 Å². The van der Waals surface area contributed by atoms with Crippen LogP contribution in [-0.2, 0) is 9.84 Å². The van der Waals surface area contributed by atoms with E-state index in [-0.39, 0.29) is 23.7 Å². The molecule has 21 heavy (non-hydrogen) atoms. The molecule has 118 valence electrons. The van der Waals surface area contributed by atoms with E-state index < -0.39 is 9.84 Å². The van der Waals surface area contributed by atoms with Gasteiger partial charge in [-0.05, 0) is 39.3 Å². The summed E-state index contributed by atoms with van der Waals surface area (Å²) in [5.74, 6) is 1.18. The Labute approximate surface area is 127 Å². The molecule has 0 bridgehead atoms. The first kappa shape index (κ1) is 16.3. The van der Waals surface area contributed by atoms with E-state index in [0.29, 0.717) is 6.42 Å². The van der Waals surface area contributed by atoms with Crippen molar-refractivity contribution in [3.8, 4) is 5.75 Å². The first-order chi connectivity index (χ1) is 9.91. The minimum Gasteiger partial charge on any atom is -0.489 e. The summed E-state index contributed by atoms with van der Waals surface area (Å²) in [5.41, 5.74) is 2.29. The fourth-order valence-electron chi connectivity index (χ4n) is 2.62. The molecule has 1 fully saturated rings. The predicted octanol–water partition coefficient (Wildman–Crippen LogP) is 2.62.